The molecular formula is C19H20ClNO. The Morgan fingerprint density at radius 2 is 1.91 bits per heavy atom. The first-order valence-corrected chi connectivity index (χ1v) is 8.12. The van der Waals surface area contributed by atoms with E-state index in [0.29, 0.717) is 11.4 Å². The van der Waals surface area contributed by atoms with Crippen LogP contribution in [0.5, 0.6) is 0 Å². The summed E-state index contributed by atoms with van der Waals surface area (Å²) in [4.78, 5) is 14.7. The maximum atomic E-state index is 12.7. The molecule has 1 aliphatic rings. The summed E-state index contributed by atoms with van der Waals surface area (Å²) in [7, 11) is 0. The number of carbonyl (C=O) groups excluding carboxylic acids is 1. The van der Waals surface area contributed by atoms with Crippen LogP contribution in [0.1, 0.15) is 35.6 Å². The van der Waals surface area contributed by atoms with E-state index in [1.807, 2.05) is 35.2 Å². The lowest BCUT2D eigenvalue weighted by atomic mass is 9.99. The highest BCUT2D eigenvalue weighted by Crippen LogP contribution is 2.34. The average molecular weight is 314 g/mol. The van der Waals surface area contributed by atoms with Crippen LogP contribution < -0.4 is 0 Å². The van der Waals surface area contributed by atoms with E-state index in [0.717, 1.165) is 24.9 Å². The van der Waals surface area contributed by atoms with Gasteiger partial charge in [0.1, 0.15) is 0 Å². The van der Waals surface area contributed by atoms with Gasteiger partial charge in [-0.2, -0.15) is 0 Å². The summed E-state index contributed by atoms with van der Waals surface area (Å²) >= 11 is 5.90. The normalized spacial score (nSPS) is 17.7. The molecule has 0 spiro atoms. The van der Waals surface area contributed by atoms with Crippen molar-refractivity contribution in [3.63, 3.8) is 0 Å². The summed E-state index contributed by atoms with van der Waals surface area (Å²) in [6.07, 6.45) is 2.57. The monoisotopic (exact) mass is 313 g/mol. The third kappa shape index (κ3) is 3.17. The molecule has 0 radical (unpaired) electrons. The van der Waals surface area contributed by atoms with E-state index in [-0.39, 0.29) is 11.9 Å². The number of nitrogens with zero attached hydrogens (tertiary/aromatic N) is 1. The molecule has 1 aliphatic heterocycles. The van der Waals surface area contributed by atoms with Gasteiger partial charge in [0.15, 0.2) is 0 Å². The largest absolute Gasteiger partial charge is 0.335 e. The van der Waals surface area contributed by atoms with Crippen molar-refractivity contribution in [3.8, 4) is 0 Å². The fourth-order valence-electron chi connectivity index (χ4n) is 3.23. The Labute approximate surface area is 136 Å². The topological polar surface area (TPSA) is 20.3 Å². The molecule has 2 nitrogen and oxygen atoms in total. The van der Waals surface area contributed by atoms with Crippen LogP contribution in [0.2, 0.25) is 5.02 Å². The zero-order chi connectivity index (χ0) is 15.5. The fourth-order valence-corrected chi connectivity index (χ4v) is 3.35. The van der Waals surface area contributed by atoms with Gasteiger partial charge in [-0.15, -0.1) is 0 Å². The summed E-state index contributed by atoms with van der Waals surface area (Å²) in [6.45, 7) is 2.97. The molecule has 1 amide bonds. The van der Waals surface area contributed by atoms with Crippen molar-refractivity contribution in [2.75, 3.05) is 6.54 Å². The van der Waals surface area contributed by atoms with E-state index >= 15 is 0 Å². The van der Waals surface area contributed by atoms with Gasteiger partial charge in [0.25, 0.3) is 0 Å². The molecule has 22 heavy (non-hydrogen) atoms. The van der Waals surface area contributed by atoms with Crippen LogP contribution in [0.25, 0.3) is 0 Å². The highest BCUT2D eigenvalue weighted by atomic mass is 35.5. The lowest BCUT2D eigenvalue weighted by molar-refractivity contribution is -0.131. The maximum Gasteiger partial charge on any atom is 0.227 e. The molecule has 0 unspecified atom stereocenters. The predicted octanol–water partition coefficient (Wildman–Crippen LogP) is 4.55. The van der Waals surface area contributed by atoms with E-state index in [1.54, 1.807) is 0 Å². The Kier molecular flexibility index (Phi) is 4.49. The van der Waals surface area contributed by atoms with Crippen LogP contribution in [0.3, 0.4) is 0 Å². The number of hydrogen-bond donors (Lipinski definition) is 0. The van der Waals surface area contributed by atoms with E-state index in [4.69, 9.17) is 11.6 Å². The summed E-state index contributed by atoms with van der Waals surface area (Å²) in [6, 6.07) is 16.1. The Balaban J connectivity index is 1.76. The number of rotatable bonds is 3. The summed E-state index contributed by atoms with van der Waals surface area (Å²) < 4.78 is 0. The SMILES string of the molecule is Cc1ccccc1[C@@H]1CCCN1C(=O)Cc1ccc(Cl)cc1. The van der Waals surface area contributed by atoms with Crippen LogP contribution in [0.15, 0.2) is 48.5 Å². The second-order valence-electron chi connectivity index (χ2n) is 5.90. The first-order chi connectivity index (χ1) is 10.6. The number of hydrogen-bond acceptors (Lipinski definition) is 1. The van der Waals surface area contributed by atoms with Gasteiger partial charge in [-0.05, 0) is 48.6 Å². The summed E-state index contributed by atoms with van der Waals surface area (Å²) in [5.74, 6) is 0.202. The van der Waals surface area contributed by atoms with Crippen LogP contribution in [0.4, 0.5) is 0 Å². The van der Waals surface area contributed by atoms with Gasteiger partial charge in [-0.3, -0.25) is 4.79 Å². The first kappa shape index (κ1) is 15.1. The zero-order valence-corrected chi connectivity index (χ0v) is 13.5. The Hall–Kier alpha value is -1.80. The molecule has 1 saturated heterocycles. The minimum Gasteiger partial charge on any atom is -0.335 e. The molecule has 1 atom stereocenters. The van der Waals surface area contributed by atoms with E-state index in [9.17, 15) is 4.79 Å². The molecule has 114 valence electrons. The number of likely N-dealkylation sites (tertiary alicyclic amines) is 1. The molecule has 1 heterocycles. The highest BCUT2D eigenvalue weighted by molar-refractivity contribution is 6.30. The van der Waals surface area contributed by atoms with Crippen LogP contribution >= 0.6 is 11.6 Å². The van der Waals surface area contributed by atoms with Crippen molar-refractivity contribution in [1.29, 1.82) is 0 Å². The highest BCUT2D eigenvalue weighted by Gasteiger charge is 2.30. The molecule has 2 aromatic carbocycles. The Morgan fingerprint density at radius 3 is 2.64 bits per heavy atom. The number of amides is 1. The van der Waals surface area contributed by atoms with E-state index in [1.165, 1.54) is 11.1 Å². The lowest BCUT2D eigenvalue weighted by Gasteiger charge is -2.26. The molecular weight excluding hydrogens is 294 g/mol. The standard InChI is InChI=1S/C19H20ClNO/c1-14-5-2-3-6-17(14)18-7-4-12-21(18)19(22)13-15-8-10-16(20)11-9-15/h2-3,5-6,8-11,18H,4,7,12-13H2,1H3/t18-/m0/s1. The van der Waals surface area contributed by atoms with Crippen molar-refractivity contribution in [2.24, 2.45) is 0 Å². The minimum atomic E-state index is 0.202. The average Bonchev–Trinajstić information content (AvgIpc) is 2.99. The molecule has 0 N–H and O–H groups in total. The smallest absolute Gasteiger partial charge is 0.227 e. The van der Waals surface area contributed by atoms with Crippen LogP contribution in [-0.4, -0.2) is 17.4 Å². The van der Waals surface area contributed by atoms with E-state index in [2.05, 4.69) is 25.1 Å². The number of benzene rings is 2. The molecule has 3 heteroatoms. The molecule has 0 bridgehead atoms. The van der Waals surface area contributed by atoms with E-state index < -0.39 is 0 Å². The van der Waals surface area contributed by atoms with Crippen molar-refractivity contribution >= 4 is 17.5 Å². The molecule has 2 aromatic rings. The van der Waals surface area contributed by atoms with Gasteiger partial charge >= 0.3 is 0 Å². The van der Waals surface area contributed by atoms with Crippen LogP contribution in [-0.2, 0) is 11.2 Å². The fraction of sp³-hybridized carbons (Fsp3) is 0.316. The minimum absolute atomic E-state index is 0.202. The van der Waals surface area contributed by atoms with Crippen molar-refractivity contribution in [3.05, 3.63) is 70.2 Å². The van der Waals surface area contributed by atoms with Gasteiger partial charge in [0.2, 0.25) is 5.91 Å². The maximum absolute atomic E-state index is 12.7. The van der Waals surface area contributed by atoms with Gasteiger partial charge in [0.05, 0.1) is 12.5 Å². The van der Waals surface area contributed by atoms with Crippen molar-refractivity contribution in [2.45, 2.75) is 32.2 Å². The van der Waals surface area contributed by atoms with Gasteiger partial charge in [-0.25, -0.2) is 0 Å². The van der Waals surface area contributed by atoms with Gasteiger partial charge in [-0.1, -0.05) is 48.0 Å². The second kappa shape index (κ2) is 6.53. The summed E-state index contributed by atoms with van der Waals surface area (Å²) in [5, 5.41) is 0.704. The van der Waals surface area contributed by atoms with Crippen molar-refractivity contribution in [1.82, 2.24) is 4.90 Å². The Bertz CT molecular complexity index is 665. The molecule has 0 aromatic heterocycles. The zero-order valence-electron chi connectivity index (χ0n) is 12.8. The molecule has 3 rings (SSSR count). The number of aryl methyl sites for hydroxylation is 1. The third-order valence-corrected chi connectivity index (χ3v) is 4.64. The first-order valence-electron chi connectivity index (χ1n) is 7.74. The molecule has 0 aliphatic carbocycles. The van der Waals surface area contributed by atoms with Crippen LogP contribution in [0, 0.1) is 6.92 Å². The van der Waals surface area contributed by atoms with Crippen molar-refractivity contribution < 1.29 is 4.79 Å². The van der Waals surface area contributed by atoms with Gasteiger partial charge in [0, 0.05) is 11.6 Å². The quantitative estimate of drug-likeness (QED) is 0.813. The van der Waals surface area contributed by atoms with Gasteiger partial charge < -0.3 is 4.90 Å². The number of halogens is 1. The Morgan fingerprint density at radius 1 is 1.18 bits per heavy atom. The number of carbonyl (C=O) groups is 1. The summed E-state index contributed by atoms with van der Waals surface area (Å²) in [5.41, 5.74) is 3.56. The second-order valence-corrected chi connectivity index (χ2v) is 6.34. The molecule has 1 fully saturated rings. The molecule has 0 saturated carbocycles. The third-order valence-electron chi connectivity index (χ3n) is 4.39. The predicted molar refractivity (Wildman–Crippen MR) is 90.0 cm³/mol. The lowest BCUT2D eigenvalue weighted by Crippen LogP contribution is -2.32.